The molecule has 2 rings (SSSR count). The number of rotatable bonds is 4. The number of nitrogens with two attached hydrogens (primary N) is 1. The summed E-state index contributed by atoms with van der Waals surface area (Å²) < 4.78 is 0. The molecular weight excluding hydrogens is 232 g/mol. The molecule has 0 spiro atoms. The van der Waals surface area contributed by atoms with E-state index in [0.717, 1.165) is 17.7 Å². The fraction of sp³-hybridized carbons (Fsp3) is 0.615. The van der Waals surface area contributed by atoms with E-state index in [1.54, 1.807) is 11.3 Å². The molecule has 1 aliphatic carbocycles. The summed E-state index contributed by atoms with van der Waals surface area (Å²) in [6.45, 7) is 2.51. The standard InChI is InChI=1S/C13H20N2OS/c1-10(11-5-4-8-17-11)12(16)15-13(9-14)6-2-3-7-13/h4-5,8,10H,2-3,6-7,9,14H2,1H3,(H,15,16). The maximum atomic E-state index is 12.2. The lowest BCUT2D eigenvalue weighted by Crippen LogP contribution is -2.52. The minimum Gasteiger partial charge on any atom is -0.349 e. The van der Waals surface area contributed by atoms with Crippen molar-refractivity contribution < 1.29 is 4.79 Å². The van der Waals surface area contributed by atoms with E-state index in [2.05, 4.69) is 5.32 Å². The van der Waals surface area contributed by atoms with Gasteiger partial charge in [0.25, 0.3) is 0 Å². The molecule has 0 aliphatic heterocycles. The Morgan fingerprint density at radius 1 is 1.59 bits per heavy atom. The summed E-state index contributed by atoms with van der Waals surface area (Å²) in [5, 5.41) is 5.18. The van der Waals surface area contributed by atoms with Gasteiger partial charge in [-0.15, -0.1) is 11.3 Å². The van der Waals surface area contributed by atoms with Crippen LogP contribution in [0.3, 0.4) is 0 Å². The van der Waals surface area contributed by atoms with Crippen molar-refractivity contribution in [3.8, 4) is 0 Å². The number of thiophene rings is 1. The van der Waals surface area contributed by atoms with Crippen LogP contribution in [0.5, 0.6) is 0 Å². The number of hydrogen-bond donors (Lipinski definition) is 2. The van der Waals surface area contributed by atoms with Crippen molar-refractivity contribution in [2.75, 3.05) is 6.54 Å². The van der Waals surface area contributed by atoms with Gasteiger partial charge in [-0.25, -0.2) is 0 Å². The first-order chi connectivity index (χ1) is 8.17. The smallest absolute Gasteiger partial charge is 0.228 e. The predicted molar refractivity (Wildman–Crippen MR) is 71.1 cm³/mol. The molecule has 0 radical (unpaired) electrons. The molecule has 1 unspecified atom stereocenters. The van der Waals surface area contributed by atoms with Crippen LogP contribution in [0.4, 0.5) is 0 Å². The van der Waals surface area contributed by atoms with Crippen LogP contribution in [-0.4, -0.2) is 18.0 Å². The second-order valence-electron chi connectivity index (χ2n) is 4.92. The topological polar surface area (TPSA) is 55.1 Å². The highest BCUT2D eigenvalue weighted by Crippen LogP contribution is 2.30. The van der Waals surface area contributed by atoms with Crippen LogP contribution in [0.2, 0.25) is 0 Å². The summed E-state index contributed by atoms with van der Waals surface area (Å²) in [4.78, 5) is 13.3. The Labute approximate surface area is 106 Å². The first-order valence-electron chi connectivity index (χ1n) is 6.22. The zero-order valence-corrected chi connectivity index (χ0v) is 11.1. The highest BCUT2D eigenvalue weighted by molar-refractivity contribution is 7.10. The maximum absolute atomic E-state index is 12.2. The van der Waals surface area contributed by atoms with E-state index in [0.29, 0.717) is 6.54 Å². The van der Waals surface area contributed by atoms with Crippen molar-refractivity contribution >= 4 is 17.2 Å². The molecule has 3 N–H and O–H groups in total. The Balaban J connectivity index is 2.01. The van der Waals surface area contributed by atoms with Crippen molar-refractivity contribution in [1.82, 2.24) is 5.32 Å². The number of nitrogens with one attached hydrogen (secondary N) is 1. The molecule has 0 bridgehead atoms. The molecule has 3 nitrogen and oxygen atoms in total. The fourth-order valence-corrected chi connectivity index (χ4v) is 3.25. The Morgan fingerprint density at radius 2 is 2.29 bits per heavy atom. The zero-order chi connectivity index (χ0) is 12.3. The SMILES string of the molecule is CC(C(=O)NC1(CN)CCCC1)c1cccs1. The quantitative estimate of drug-likeness (QED) is 0.863. The highest BCUT2D eigenvalue weighted by Gasteiger charge is 2.35. The molecule has 1 aromatic heterocycles. The van der Waals surface area contributed by atoms with E-state index in [-0.39, 0.29) is 17.4 Å². The summed E-state index contributed by atoms with van der Waals surface area (Å²) in [7, 11) is 0. The van der Waals surface area contributed by atoms with Gasteiger partial charge in [-0.1, -0.05) is 18.9 Å². The van der Waals surface area contributed by atoms with E-state index in [1.807, 2.05) is 24.4 Å². The lowest BCUT2D eigenvalue weighted by atomic mass is 9.96. The molecule has 1 atom stereocenters. The Kier molecular flexibility index (Phi) is 3.84. The molecule has 1 aliphatic rings. The lowest BCUT2D eigenvalue weighted by Gasteiger charge is -2.30. The van der Waals surface area contributed by atoms with Crippen molar-refractivity contribution in [2.24, 2.45) is 5.73 Å². The van der Waals surface area contributed by atoms with Crippen LogP contribution in [0.25, 0.3) is 0 Å². The molecular formula is C13H20N2OS. The molecule has 1 heterocycles. The minimum atomic E-state index is -0.136. The second kappa shape index (κ2) is 5.19. The normalized spacial score (nSPS) is 20.1. The van der Waals surface area contributed by atoms with Crippen LogP contribution in [0.15, 0.2) is 17.5 Å². The third-order valence-corrected chi connectivity index (χ3v) is 4.76. The van der Waals surface area contributed by atoms with Crippen LogP contribution in [-0.2, 0) is 4.79 Å². The van der Waals surface area contributed by atoms with Gasteiger partial charge < -0.3 is 11.1 Å². The molecule has 94 valence electrons. The van der Waals surface area contributed by atoms with Gasteiger partial charge >= 0.3 is 0 Å². The molecule has 17 heavy (non-hydrogen) atoms. The Morgan fingerprint density at radius 3 is 2.82 bits per heavy atom. The Bertz CT molecular complexity index is 369. The van der Waals surface area contributed by atoms with E-state index in [9.17, 15) is 4.79 Å². The molecule has 0 saturated heterocycles. The third kappa shape index (κ3) is 2.69. The number of hydrogen-bond acceptors (Lipinski definition) is 3. The number of carbonyl (C=O) groups excluding carboxylic acids is 1. The third-order valence-electron chi connectivity index (χ3n) is 3.70. The summed E-state index contributed by atoms with van der Waals surface area (Å²) in [5.41, 5.74) is 5.69. The van der Waals surface area contributed by atoms with E-state index >= 15 is 0 Å². The van der Waals surface area contributed by atoms with Gasteiger partial charge in [0.15, 0.2) is 0 Å². The first kappa shape index (κ1) is 12.6. The molecule has 0 aromatic carbocycles. The van der Waals surface area contributed by atoms with Gasteiger partial charge in [0.05, 0.1) is 11.5 Å². The molecule has 1 fully saturated rings. The van der Waals surface area contributed by atoms with Crippen molar-refractivity contribution in [3.63, 3.8) is 0 Å². The van der Waals surface area contributed by atoms with Crippen molar-refractivity contribution in [2.45, 2.75) is 44.1 Å². The summed E-state index contributed by atoms with van der Waals surface area (Å²) >= 11 is 1.63. The van der Waals surface area contributed by atoms with Gasteiger partial charge in [-0.3, -0.25) is 4.79 Å². The number of amides is 1. The highest BCUT2D eigenvalue weighted by atomic mass is 32.1. The maximum Gasteiger partial charge on any atom is 0.228 e. The van der Waals surface area contributed by atoms with Gasteiger partial charge in [0, 0.05) is 11.4 Å². The van der Waals surface area contributed by atoms with Crippen LogP contribution >= 0.6 is 11.3 Å². The molecule has 1 amide bonds. The molecule has 4 heteroatoms. The van der Waals surface area contributed by atoms with E-state index in [4.69, 9.17) is 5.73 Å². The van der Waals surface area contributed by atoms with Crippen molar-refractivity contribution in [3.05, 3.63) is 22.4 Å². The molecule has 1 saturated carbocycles. The monoisotopic (exact) mass is 252 g/mol. The van der Waals surface area contributed by atoms with Crippen LogP contribution in [0, 0.1) is 0 Å². The van der Waals surface area contributed by atoms with E-state index < -0.39 is 0 Å². The number of carbonyl (C=O) groups is 1. The van der Waals surface area contributed by atoms with Crippen LogP contribution in [0.1, 0.15) is 43.4 Å². The first-order valence-corrected chi connectivity index (χ1v) is 7.10. The van der Waals surface area contributed by atoms with Crippen LogP contribution < -0.4 is 11.1 Å². The second-order valence-corrected chi connectivity index (χ2v) is 5.90. The van der Waals surface area contributed by atoms with Gasteiger partial charge in [0.1, 0.15) is 0 Å². The Hall–Kier alpha value is -0.870. The fourth-order valence-electron chi connectivity index (χ4n) is 2.47. The van der Waals surface area contributed by atoms with Gasteiger partial charge in [0.2, 0.25) is 5.91 Å². The predicted octanol–water partition coefficient (Wildman–Crippen LogP) is 2.24. The lowest BCUT2D eigenvalue weighted by molar-refractivity contribution is -0.124. The van der Waals surface area contributed by atoms with Gasteiger partial charge in [-0.05, 0) is 31.2 Å². The summed E-state index contributed by atoms with van der Waals surface area (Å²) in [5.74, 6) is 0.0406. The summed E-state index contributed by atoms with van der Waals surface area (Å²) in [6, 6.07) is 4.00. The average molecular weight is 252 g/mol. The van der Waals surface area contributed by atoms with E-state index in [1.165, 1.54) is 12.8 Å². The summed E-state index contributed by atoms with van der Waals surface area (Å²) in [6.07, 6.45) is 4.38. The molecule has 1 aromatic rings. The van der Waals surface area contributed by atoms with Gasteiger partial charge in [-0.2, -0.15) is 0 Å². The largest absolute Gasteiger partial charge is 0.349 e. The van der Waals surface area contributed by atoms with Crippen molar-refractivity contribution in [1.29, 1.82) is 0 Å². The zero-order valence-electron chi connectivity index (χ0n) is 10.2. The minimum absolute atomic E-state index is 0.0703. The average Bonchev–Trinajstić information content (AvgIpc) is 2.99.